The van der Waals surface area contributed by atoms with Crippen LogP contribution in [0.4, 0.5) is 4.79 Å². The topological polar surface area (TPSA) is 79.5 Å². The minimum Gasteiger partial charge on any atom is -0.482 e. The molecule has 0 aliphatic heterocycles. The molecule has 3 amide bonds. The molecule has 0 radical (unpaired) electrons. The number of benzene rings is 1. The maximum atomic E-state index is 11.7. The maximum Gasteiger partial charge on any atom is 0.333 e. The zero-order chi connectivity index (χ0) is 16.7. The molecule has 3 N–H and O–H groups in total. The van der Waals surface area contributed by atoms with Crippen molar-refractivity contribution in [2.45, 2.75) is 38.1 Å². The first kappa shape index (κ1) is 17.7. The molecule has 1 aromatic rings. The van der Waals surface area contributed by atoms with E-state index in [0.717, 1.165) is 25.7 Å². The number of hydrazine groups is 1. The molecule has 23 heavy (non-hydrogen) atoms. The van der Waals surface area contributed by atoms with E-state index < -0.39 is 11.9 Å². The van der Waals surface area contributed by atoms with Crippen LogP contribution in [0.3, 0.4) is 0 Å². The number of hydrogen-bond donors (Lipinski definition) is 3. The second-order valence-corrected chi connectivity index (χ2v) is 6.19. The molecular formula is C15H19Cl2N3O3. The zero-order valence-electron chi connectivity index (χ0n) is 12.5. The Hall–Kier alpha value is -1.66. The summed E-state index contributed by atoms with van der Waals surface area (Å²) < 4.78 is 5.26. The SMILES string of the molecule is O=C(COc1ccc(Cl)cc1Cl)NNC(=O)NC1CCCCC1. The number of carbonyl (C=O) groups is 2. The fourth-order valence-electron chi connectivity index (χ4n) is 2.37. The Kier molecular flexibility index (Phi) is 6.80. The van der Waals surface area contributed by atoms with Crippen LogP contribution in [0, 0.1) is 0 Å². The van der Waals surface area contributed by atoms with Gasteiger partial charge in [-0.25, -0.2) is 10.2 Å². The minimum absolute atomic E-state index is 0.171. The van der Waals surface area contributed by atoms with Crippen molar-refractivity contribution in [3.63, 3.8) is 0 Å². The molecule has 0 unspecified atom stereocenters. The van der Waals surface area contributed by atoms with Crippen LogP contribution in [0.1, 0.15) is 32.1 Å². The first-order valence-electron chi connectivity index (χ1n) is 7.48. The Labute approximate surface area is 144 Å². The molecule has 0 saturated heterocycles. The molecule has 1 aliphatic rings. The van der Waals surface area contributed by atoms with E-state index in [0.29, 0.717) is 15.8 Å². The number of urea groups is 1. The summed E-state index contributed by atoms with van der Waals surface area (Å²) in [5, 5.41) is 3.61. The summed E-state index contributed by atoms with van der Waals surface area (Å²) in [6.07, 6.45) is 5.39. The van der Waals surface area contributed by atoms with Crippen molar-refractivity contribution in [1.29, 1.82) is 0 Å². The fraction of sp³-hybridized carbons (Fsp3) is 0.467. The van der Waals surface area contributed by atoms with Gasteiger partial charge in [-0.3, -0.25) is 10.2 Å². The molecule has 0 spiro atoms. The van der Waals surface area contributed by atoms with Crippen LogP contribution >= 0.6 is 23.2 Å². The van der Waals surface area contributed by atoms with E-state index in [1.807, 2.05) is 0 Å². The summed E-state index contributed by atoms with van der Waals surface area (Å²) in [5.74, 6) is -0.146. The van der Waals surface area contributed by atoms with Crippen molar-refractivity contribution in [3.8, 4) is 5.75 Å². The average molecular weight is 360 g/mol. The normalized spacial score (nSPS) is 14.9. The number of rotatable bonds is 4. The first-order valence-corrected chi connectivity index (χ1v) is 8.23. The number of ether oxygens (including phenoxy) is 1. The predicted molar refractivity (Wildman–Crippen MR) is 88.6 cm³/mol. The molecule has 1 aliphatic carbocycles. The Morgan fingerprint density at radius 2 is 1.87 bits per heavy atom. The Bertz CT molecular complexity index is 563. The summed E-state index contributed by atoms with van der Waals surface area (Å²) in [6, 6.07) is 4.45. The van der Waals surface area contributed by atoms with Gasteiger partial charge < -0.3 is 10.1 Å². The van der Waals surface area contributed by atoms with E-state index in [9.17, 15) is 9.59 Å². The second kappa shape index (κ2) is 8.84. The van der Waals surface area contributed by atoms with Crippen LogP contribution < -0.4 is 20.9 Å². The van der Waals surface area contributed by atoms with Crippen molar-refractivity contribution in [1.82, 2.24) is 16.2 Å². The molecule has 1 fully saturated rings. The molecule has 126 valence electrons. The molecule has 0 bridgehead atoms. The summed E-state index contributed by atoms with van der Waals surface area (Å²) in [7, 11) is 0. The van der Waals surface area contributed by atoms with E-state index >= 15 is 0 Å². The van der Waals surface area contributed by atoms with E-state index in [1.54, 1.807) is 12.1 Å². The molecule has 0 atom stereocenters. The summed E-state index contributed by atoms with van der Waals surface area (Å²) >= 11 is 11.7. The molecular weight excluding hydrogens is 341 g/mol. The fourth-order valence-corrected chi connectivity index (χ4v) is 2.83. The predicted octanol–water partition coefficient (Wildman–Crippen LogP) is 3.04. The van der Waals surface area contributed by atoms with Gasteiger partial charge in [0.15, 0.2) is 6.61 Å². The van der Waals surface area contributed by atoms with Gasteiger partial charge in [-0.1, -0.05) is 42.5 Å². The first-order chi connectivity index (χ1) is 11.0. The van der Waals surface area contributed by atoms with Crippen molar-refractivity contribution >= 4 is 35.1 Å². The van der Waals surface area contributed by atoms with Crippen molar-refractivity contribution < 1.29 is 14.3 Å². The maximum absolute atomic E-state index is 11.7. The van der Waals surface area contributed by atoms with Crippen LogP contribution in [-0.4, -0.2) is 24.6 Å². The van der Waals surface area contributed by atoms with Gasteiger partial charge in [-0.2, -0.15) is 0 Å². The molecule has 6 nitrogen and oxygen atoms in total. The van der Waals surface area contributed by atoms with Crippen molar-refractivity contribution in [2.75, 3.05) is 6.61 Å². The monoisotopic (exact) mass is 359 g/mol. The van der Waals surface area contributed by atoms with Gasteiger partial charge in [0.2, 0.25) is 0 Å². The quantitative estimate of drug-likeness (QED) is 0.722. The van der Waals surface area contributed by atoms with Gasteiger partial charge in [0.25, 0.3) is 5.91 Å². The standard InChI is InChI=1S/C15H19Cl2N3O3/c16-10-6-7-13(12(17)8-10)23-9-14(21)19-20-15(22)18-11-4-2-1-3-5-11/h6-8,11H,1-5,9H2,(H,19,21)(H2,18,20,22). The van der Waals surface area contributed by atoms with Crippen LogP contribution in [0.5, 0.6) is 5.75 Å². The average Bonchev–Trinajstić information content (AvgIpc) is 2.53. The number of hydrogen-bond acceptors (Lipinski definition) is 3. The van der Waals surface area contributed by atoms with E-state index in [2.05, 4.69) is 16.2 Å². The van der Waals surface area contributed by atoms with E-state index in [-0.39, 0.29) is 12.6 Å². The van der Waals surface area contributed by atoms with Gasteiger partial charge in [0.05, 0.1) is 5.02 Å². The van der Waals surface area contributed by atoms with Crippen molar-refractivity contribution in [2.24, 2.45) is 0 Å². The zero-order valence-corrected chi connectivity index (χ0v) is 14.0. The smallest absolute Gasteiger partial charge is 0.333 e. The van der Waals surface area contributed by atoms with Crippen LogP contribution in [0.2, 0.25) is 10.0 Å². The third kappa shape index (κ3) is 6.15. The number of carbonyl (C=O) groups excluding carboxylic acids is 2. The number of nitrogens with one attached hydrogen (secondary N) is 3. The minimum atomic E-state index is -0.491. The van der Waals surface area contributed by atoms with E-state index in [1.165, 1.54) is 12.5 Å². The second-order valence-electron chi connectivity index (χ2n) is 5.34. The summed E-state index contributed by atoms with van der Waals surface area (Å²) in [6.45, 7) is -0.273. The van der Waals surface area contributed by atoms with Gasteiger partial charge in [0.1, 0.15) is 5.75 Å². The number of halogens is 2. The third-order valence-electron chi connectivity index (χ3n) is 3.51. The van der Waals surface area contributed by atoms with Gasteiger partial charge in [-0.15, -0.1) is 0 Å². The van der Waals surface area contributed by atoms with Crippen LogP contribution in [0.15, 0.2) is 18.2 Å². The highest BCUT2D eigenvalue weighted by molar-refractivity contribution is 6.35. The lowest BCUT2D eigenvalue weighted by Gasteiger charge is -2.22. The van der Waals surface area contributed by atoms with Crippen molar-refractivity contribution in [3.05, 3.63) is 28.2 Å². The lowest BCUT2D eigenvalue weighted by atomic mass is 9.96. The van der Waals surface area contributed by atoms with Gasteiger partial charge >= 0.3 is 6.03 Å². The van der Waals surface area contributed by atoms with Crippen LogP contribution in [-0.2, 0) is 4.79 Å². The van der Waals surface area contributed by atoms with Gasteiger partial charge in [0, 0.05) is 11.1 Å². The molecule has 8 heteroatoms. The lowest BCUT2D eigenvalue weighted by molar-refractivity contribution is -0.123. The number of amides is 3. The van der Waals surface area contributed by atoms with Crippen LogP contribution in [0.25, 0.3) is 0 Å². The Morgan fingerprint density at radius 1 is 1.13 bits per heavy atom. The summed E-state index contributed by atoms with van der Waals surface area (Å²) in [5.41, 5.74) is 4.58. The Morgan fingerprint density at radius 3 is 2.57 bits per heavy atom. The highest BCUT2D eigenvalue weighted by atomic mass is 35.5. The highest BCUT2D eigenvalue weighted by Gasteiger charge is 2.15. The summed E-state index contributed by atoms with van der Waals surface area (Å²) in [4.78, 5) is 23.3. The Balaban J connectivity index is 1.67. The largest absolute Gasteiger partial charge is 0.482 e. The molecule has 2 rings (SSSR count). The highest BCUT2D eigenvalue weighted by Crippen LogP contribution is 2.27. The molecule has 1 aromatic carbocycles. The van der Waals surface area contributed by atoms with Gasteiger partial charge in [-0.05, 0) is 31.0 Å². The molecule has 1 saturated carbocycles. The third-order valence-corrected chi connectivity index (χ3v) is 4.04. The van der Waals surface area contributed by atoms with E-state index in [4.69, 9.17) is 27.9 Å². The molecule has 0 aromatic heterocycles. The molecule has 0 heterocycles. The lowest BCUT2D eigenvalue weighted by Crippen LogP contribution is -2.51.